The molecule has 5 nitrogen and oxygen atoms in total. The molecule has 1 atom stereocenters. The van der Waals surface area contributed by atoms with Gasteiger partial charge in [-0.25, -0.2) is 0 Å². The second-order valence-electron chi connectivity index (χ2n) is 8.14. The lowest BCUT2D eigenvalue weighted by Crippen LogP contribution is -2.52. The zero-order valence-electron chi connectivity index (χ0n) is 16.6. The van der Waals surface area contributed by atoms with Crippen LogP contribution in [-0.4, -0.2) is 27.8 Å². The van der Waals surface area contributed by atoms with Crippen LogP contribution in [-0.2, 0) is 17.8 Å². The number of hydrogen-bond acceptors (Lipinski definition) is 3. The fourth-order valence-electron chi connectivity index (χ4n) is 3.34. The topological polar surface area (TPSA) is 72.9 Å². The fraction of sp³-hybridized carbons (Fsp3) is 0.789. The average molecular weight is 337 g/mol. The number of carbonyl (C=O) groups excluding carboxylic acids is 1. The Balaban J connectivity index is 2.69. The van der Waals surface area contributed by atoms with Crippen molar-refractivity contribution in [2.75, 3.05) is 6.54 Å². The number of amides is 1. The normalized spacial score (nSPS) is 14.2. The molecule has 1 aromatic rings. The highest BCUT2D eigenvalue weighted by Gasteiger charge is 2.26. The molecule has 0 bridgehead atoms. The molecule has 1 unspecified atom stereocenters. The van der Waals surface area contributed by atoms with Gasteiger partial charge in [0.15, 0.2) is 0 Å². The van der Waals surface area contributed by atoms with Crippen LogP contribution in [0.2, 0.25) is 0 Å². The van der Waals surface area contributed by atoms with E-state index in [-0.39, 0.29) is 11.4 Å². The Labute approximate surface area is 147 Å². The first-order valence-corrected chi connectivity index (χ1v) is 9.12. The van der Waals surface area contributed by atoms with Gasteiger partial charge in [0.25, 0.3) is 0 Å². The second kappa shape index (κ2) is 8.65. The van der Waals surface area contributed by atoms with Crippen molar-refractivity contribution in [2.24, 2.45) is 17.6 Å². The van der Waals surface area contributed by atoms with Gasteiger partial charge in [0.2, 0.25) is 5.91 Å². The molecule has 5 heteroatoms. The van der Waals surface area contributed by atoms with E-state index in [0.29, 0.717) is 24.8 Å². The lowest BCUT2D eigenvalue weighted by atomic mass is 9.90. The quantitative estimate of drug-likeness (QED) is 0.728. The van der Waals surface area contributed by atoms with Gasteiger partial charge in [0, 0.05) is 30.7 Å². The van der Waals surface area contributed by atoms with Crippen molar-refractivity contribution in [3.63, 3.8) is 0 Å². The molecular weight excluding hydrogens is 300 g/mol. The number of aromatic nitrogens is 2. The van der Waals surface area contributed by atoms with E-state index in [1.54, 1.807) is 0 Å². The molecule has 0 aromatic carbocycles. The predicted octanol–water partition coefficient (Wildman–Crippen LogP) is 2.97. The number of nitrogens with one attached hydrogen (secondary N) is 1. The third-order valence-electron chi connectivity index (χ3n) is 4.42. The van der Waals surface area contributed by atoms with Crippen LogP contribution >= 0.6 is 0 Å². The third-order valence-corrected chi connectivity index (χ3v) is 4.42. The van der Waals surface area contributed by atoms with Crippen LogP contribution in [0.15, 0.2) is 0 Å². The summed E-state index contributed by atoms with van der Waals surface area (Å²) in [6.07, 6.45) is 2.09. The maximum Gasteiger partial charge on any atom is 0.220 e. The molecule has 3 N–H and O–H groups in total. The van der Waals surface area contributed by atoms with E-state index in [1.165, 1.54) is 11.3 Å². The SMILES string of the molecule is Cc1nn(CC(C)C)c(C)c1CCC(=O)NC(C)(CN)CC(C)C. The number of nitrogens with zero attached hydrogens (tertiary/aromatic N) is 2. The molecule has 1 aromatic heterocycles. The van der Waals surface area contributed by atoms with Crippen molar-refractivity contribution in [3.8, 4) is 0 Å². The summed E-state index contributed by atoms with van der Waals surface area (Å²) in [5.74, 6) is 1.12. The van der Waals surface area contributed by atoms with E-state index in [9.17, 15) is 4.79 Å². The summed E-state index contributed by atoms with van der Waals surface area (Å²) in [5, 5.41) is 7.75. The van der Waals surface area contributed by atoms with Crippen molar-refractivity contribution in [1.82, 2.24) is 15.1 Å². The Kier molecular flexibility index (Phi) is 7.46. The van der Waals surface area contributed by atoms with Gasteiger partial charge in [-0.2, -0.15) is 5.10 Å². The maximum atomic E-state index is 12.4. The zero-order chi connectivity index (χ0) is 18.5. The Bertz CT molecular complexity index is 548. The minimum atomic E-state index is -0.322. The van der Waals surface area contributed by atoms with Gasteiger partial charge in [-0.15, -0.1) is 0 Å². The second-order valence-corrected chi connectivity index (χ2v) is 8.14. The van der Waals surface area contributed by atoms with Crippen LogP contribution in [0.4, 0.5) is 0 Å². The van der Waals surface area contributed by atoms with Gasteiger partial charge in [-0.1, -0.05) is 27.7 Å². The number of aryl methyl sites for hydroxylation is 1. The maximum absolute atomic E-state index is 12.4. The van der Waals surface area contributed by atoms with Gasteiger partial charge >= 0.3 is 0 Å². The number of rotatable bonds is 9. The summed E-state index contributed by atoms with van der Waals surface area (Å²) >= 11 is 0. The number of carbonyl (C=O) groups is 1. The van der Waals surface area contributed by atoms with E-state index >= 15 is 0 Å². The highest BCUT2D eigenvalue weighted by Crippen LogP contribution is 2.18. The van der Waals surface area contributed by atoms with Crippen molar-refractivity contribution in [2.45, 2.75) is 79.8 Å². The van der Waals surface area contributed by atoms with E-state index < -0.39 is 0 Å². The van der Waals surface area contributed by atoms with Gasteiger partial charge in [-0.05, 0) is 51.0 Å². The average Bonchev–Trinajstić information content (AvgIpc) is 2.69. The Morgan fingerprint density at radius 2 is 1.88 bits per heavy atom. The molecule has 0 aliphatic heterocycles. The van der Waals surface area contributed by atoms with Crippen LogP contribution < -0.4 is 11.1 Å². The summed E-state index contributed by atoms with van der Waals surface area (Å²) in [6.45, 7) is 16.2. The number of nitrogens with two attached hydrogens (primary N) is 1. The molecule has 0 spiro atoms. The van der Waals surface area contributed by atoms with Gasteiger partial charge in [0.05, 0.1) is 5.69 Å². The van der Waals surface area contributed by atoms with Crippen molar-refractivity contribution >= 4 is 5.91 Å². The Hall–Kier alpha value is -1.36. The van der Waals surface area contributed by atoms with E-state index in [1.807, 2.05) is 13.8 Å². The van der Waals surface area contributed by atoms with E-state index in [4.69, 9.17) is 5.73 Å². The first-order chi connectivity index (χ1) is 11.1. The molecule has 0 fully saturated rings. The molecular formula is C19H36N4O. The Morgan fingerprint density at radius 3 is 2.38 bits per heavy atom. The minimum Gasteiger partial charge on any atom is -0.350 e. The molecule has 0 aliphatic rings. The summed E-state index contributed by atoms with van der Waals surface area (Å²) in [7, 11) is 0. The zero-order valence-corrected chi connectivity index (χ0v) is 16.6. The lowest BCUT2D eigenvalue weighted by Gasteiger charge is -2.31. The van der Waals surface area contributed by atoms with Crippen molar-refractivity contribution in [3.05, 3.63) is 17.0 Å². The summed E-state index contributed by atoms with van der Waals surface area (Å²) in [4.78, 5) is 12.4. The van der Waals surface area contributed by atoms with Gasteiger partial charge in [0.1, 0.15) is 0 Å². The van der Waals surface area contributed by atoms with Crippen molar-refractivity contribution in [1.29, 1.82) is 0 Å². The van der Waals surface area contributed by atoms with Gasteiger partial charge in [-0.3, -0.25) is 9.48 Å². The first-order valence-electron chi connectivity index (χ1n) is 9.12. The van der Waals surface area contributed by atoms with Crippen LogP contribution in [0.5, 0.6) is 0 Å². The fourth-order valence-corrected chi connectivity index (χ4v) is 3.34. The predicted molar refractivity (Wildman–Crippen MR) is 99.9 cm³/mol. The molecule has 24 heavy (non-hydrogen) atoms. The first kappa shape index (κ1) is 20.7. The summed E-state index contributed by atoms with van der Waals surface area (Å²) in [5.41, 5.74) is 8.97. The minimum absolute atomic E-state index is 0.0685. The molecule has 0 saturated carbocycles. The molecule has 0 aliphatic carbocycles. The van der Waals surface area contributed by atoms with Crippen LogP contribution in [0.25, 0.3) is 0 Å². The van der Waals surface area contributed by atoms with Gasteiger partial charge < -0.3 is 11.1 Å². The largest absolute Gasteiger partial charge is 0.350 e. The highest BCUT2D eigenvalue weighted by molar-refractivity contribution is 5.77. The molecule has 1 heterocycles. The van der Waals surface area contributed by atoms with Crippen molar-refractivity contribution < 1.29 is 4.79 Å². The molecule has 0 saturated heterocycles. The number of hydrogen-bond donors (Lipinski definition) is 2. The summed E-state index contributed by atoms with van der Waals surface area (Å²) < 4.78 is 2.07. The van der Waals surface area contributed by atoms with E-state index in [2.05, 4.69) is 49.7 Å². The van der Waals surface area contributed by atoms with Crippen LogP contribution in [0.3, 0.4) is 0 Å². The highest BCUT2D eigenvalue weighted by atomic mass is 16.1. The van der Waals surface area contributed by atoms with Crippen LogP contribution in [0, 0.1) is 25.7 Å². The summed E-state index contributed by atoms with van der Waals surface area (Å²) in [6, 6.07) is 0. The molecule has 1 rings (SSSR count). The third kappa shape index (κ3) is 5.93. The lowest BCUT2D eigenvalue weighted by molar-refractivity contribution is -0.122. The molecule has 138 valence electrons. The standard InChI is InChI=1S/C19H36N4O/c1-13(2)10-19(7,12-20)21-18(24)9-8-17-15(5)22-23(16(17)6)11-14(3)4/h13-14H,8-12,20H2,1-7H3,(H,21,24). The molecule has 1 amide bonds. The van der Waals surface area contributed by atoms with E-state index in [0.717, 1.165) is 25.1 Å². The van der Waals surface area contributed by atoms with Crippen LogP contribution in [0.1, 0.15) is 64.4 Å². The molecule has 0 radical (unpaired) electrons. The Morgan fingerprint density at radius 1 is 1.25 bits per heavy atom. The smallest absolute Gasteiger partial charge is 0.220 e. The monoisotopic (exact) mass is 336 g/mol.